The Hall–Kier alpha value is -1.03. The molecule has 1 spiro atoms. The van der Waals surface area contributed by atoms with Gasteiger partial charge in [0.05, 0.1) is 16.8 Å². The normalized spacial score (nSPS) is 23.3. The van der Waals surface area contributed by atoms with Crippen LogP contribution in [0, 0.1) is 6.92 Å². The van der Waals surface area contributed by atoms with Gasteiger partial charge in [-0.1, -0.05) is 11.6 Å². The Labute approximate surface area is 109 Å². The first-order valence-electron chi connectivity index (χ1n) is 6.03. The third-order valence-corrected chi connectivity index (χ3v) is 4.13. The van der Waals surface area contributed by atoms with E-state index in [-0.39, 0.29) is 12.8 Å². The van der Waals surface area contributed by atoms with Crippen molar-refractivity contribution in [3.05, 3.63) is 22.5 Å². The van der Waals surface area contributed by atoms with Crippen molar-refractivity contribution in [3.63, 3.8) is 0 Å². The van der Waals surface area contributed by atoms with E-state index in [1.165, 1.54) is 0 Å². The van der Waals surface area contributed by atoms with E-state index < -0.39 is 11.3 Å². The van der Waals surface area contributed by atoms with Crippen LogP contribution in [0.3, 0.4) is 0 Å². The largest absolute Gasteiger partial charge is 0.258 e. The van der Waals surface area contributed by atoms with Crippen LogP contribution < -0.4 is 0 Å². The lowest BCUT2D eigenvalue weighted by Gasteiger charge is -2.35. The molecule has 0 aromatic carbocycles. The molecule has 1 aliphatic carbocycles. The molecule has 2 aliphatic rings. The molecule has 0 atom stereocenters. The van der Waals surface area contributed by atoms with Crippen LogP contribution in [0.15, 0.2) is 11.1 Å². The van der Waals surface area contributed by atoms with Crippen molar-refractivity contribution in [2.45, 2.75) is 43.9 Å². The van der Waals surface area contributed by atoms with Crippen LogP contribution in [0.25, 0.3) is 0 Å². The van der Waals surface area contributed by atoms with Gasteiger partial charge in [-0.15, -0.1) is 0 Å². The van der Waals surface area contributed by atoms with Crippen LogP contribution in [0.1, 0.15) is 36.9 Å². The van der Waals surface area contributed by atoms with E-state index in [1.54, 1.807) is 12.3 Å². The van der Waals surface area contributed by atoms with Gasteiger partial charge < -0.3 is 0 Å². The number of nitrogens with zero attached hydrogens (tertiary/aromatic N) is 2. The van der Waals surface area contributed by atoms with Crippen molar-refractivity contribution < 1.29 is 8.78 Å². The maximum absolute atomic E-state index is 13.3. The smallest absolute Gasteiger partial charge is 0.248 e. The van der Waals surface area contributed by atoms with Crippen LogP contribution in [-0.4, -0.2) is 17.1 Å². The molecule has 0 amide bonds. The highest BCUT2D eigenvalue weighted by Gasteiger charge is 2.47. The second-order valence-electron chi connectivity index (χ2n) is 5.23. The van der Waals surface area contributed by atoms with E-state index >= 15 is 0 Å². The molecule has 1 aromatic heterocycles. The fourth-order valence-corrected chi connectivity index (χ4v) is 3.06. The molecule has 0 saturated heterocycles. The first kappa shape index (κ1) is 12.0. The van der Waals surface area contributed by atoms with E-state index in [1.807, 2.05) is 6.92 Å². The lowest BCUT2D eigenvalue weighted by molar-refractivity contribution is -0.0435. The predicted molar refractivity (Wildman–Crippen MR) is 67.2 cm³/mol. The molecule has 3 rings (SSSR count). The molecular formula is C13H13ClF2N2. The molecule has 5 heteroatoms. The van der Waals surface area contributed by atoms with Gasteiger partial charge in [-0.05, 0) is 31.4 Å². The third-order valence-electron chi connectivity index (χ3n) is 3.94. The van der Waals surface area contributed by atoms with Crippen molar-refractivity contribution in [2.24, 2.45) is 4.99 Å². The standard InChI is InChI=1S/C13H13ClF2N2/c1-8-6-9(14)18-11-10(8)17-7-12(11)2-4-13(15,16)5-3-12/h6-7H,2-5H2,1H3. The van der Waals surface area contributed by atoms with Crippen molar-refractivity contribution in [3.8, 4) is 0 Å². The predicted octanol–water partition coefficient (Wildman–Crippen LogP) is 4.21. The quantitative estimate of drug-likeness (QED) is 0.649. The van der Waals surface area contributed by atoms with Gasteiger partial charge in [-0.2, -0.15) is 0 Å². The molecule has 1 saturated carbocycles. The molecule has 1 fully saturated rings. The summed E-state index contributed by atoms with van der Waals surface area (Å²) >= 11 is 5.97. The number of aliphatic imine (C=N–C) groups is 1. The second kappa shape index (κ2) is 3.73. The second-order valence-corrected chi connectivity index (χ2v) is 5.62. The molecule has 1 aliphatic heterocycles. The van der Waals surface area contributed by atoms with Crippen LogP contribution in [-0.2, 0) is 5.41 Å². The Bertz CT molecular complexity index is 530. The summed E-state index contributed by atoms with van der Waals surface area (Å²) in [5.41, 5.74) is 2.12. The number of hydrogen-bond donors (Lipinski definition) is 0. The van der Waals surface area contributed by atoms with Gasteiger partial charge in [0.1, 0.15) is 5.15 Å². The molecular weight excluding hydrogens is 258 g/mol. The maximum Gasteiger partial charge on any atom is 0.248 e. The van der Waals surface area contributed by atoms with Crippen LogP contribution in [0.2, 0.25) is 5.15 Å². The Kier molecular flexibility index (Phi) is 2.49. The highest BCUT2D eigenvalue weighted by atomic mass is 35.5. The minimum Gasteiger partial charge on any atom is -0.258 e. The summed E-state index contributed by atoms with van der Waals surface area (Å²) in [5, 5.41) is 0.411. The van der Waals surface area contributed by atoms with Gasteiger partial charge in [0.15, 0.2) is 0 Å². The molecule has 96 valence electrons. The Balaban J connectivity index is 2.03. The number of halogens is 3. The Morgan fingerprint density at radius 2 is 1.89 bits per heavy atom. The van der Waals surface area contributed by atoms with E-state index in [0.717, 1.165) is 16.9 Å². The molecule has 2 nitrogen and oxygen atoms in total. The Morgan fingerprint density at radius 3 is 2.56 bits per heavy atom. The lowest BCUT2D eigenvalue weighted by atomic mass is 9.72. The first-order chi connectivity index (χ1) is 8.42. The fraction of sp³-hybridized carbons (Fsp3) is 0.538. The van der Waals surface area contributed by atoms with E-state index in [4.69, 9.17) is 11.6 Å². The minimum atomic E-state index is -2.55. The van der Waals surface area contributed by atoms with Gasteiger partial charge in [0, 0.05) is 19.1 Å². The molecule has 0 unspecified atom stereocenters. The minimum absolute atomic E-state index is 0.105. The maximum atomic E-state index is 13.3. The van der Waals surface area contributed by atoms with Crippen LogP contribution >= 0.6 is 11.6 Å². The number of aryl methyl sites for hydroxylation is 1. The molecule has 1 aromatic rings. The zero-order valence-corrected chi connectivity index (χ0v) is 10.8. The van der Waals surface area contributed by atoms with Gasteiger partial charge in [0.2, 0.25) is 5.92 Å². The van der Waals surface area contributed by atoms with Crippen molar-refractivity contribution in [1.29, 1.82) is 0 Å². The number of fused-ring (bicyclic) bond motifs is 2. The van der Waals surface area contributed by atoms with Crippen molar-refractivity contribution in [2.75, 3.05) is 0 Å². The van der Waals surface area contributed by atoms with Gasteiger partial charge in [0.25, 0.3) is 0 Å². The number of rotatable bonds is 0. The summed E-state index contributed by atoms with van der Waals surface area (Å²) in [5.74, 6) is -2.55. The SMILES string of the molecule is Cc1cc(Cl)nc2c1N=CC21CCC(F)(F)CC1. The summed E-state index contributed by atoms with van der Waals surface area (Å²) in [7, 11) is 0. The summed E-state index contributed by atoms with van der Waals surface area (Å²) in [6, 6.07) is 1.76. The van der Waals surface area contributed by atoms with Gasteiger partial charge >= 0.3 is 0 Å². The number of hydrogen-bond acceptors (Lipinski definition) is 2. The third kappa shape index (κ3) is 1.74. The average Bonchev–Trinajstić information content (AvgIpc) is 2.63. The molecule has 2 heterocycles. The highest BCUT2D eigenvalue weighted by Crippen LogP contribution is 2.50. The average molecular weight is 271 g/mol. The van der Waals surface area contributed by atoms with Gasteiger partial charge in [-0.25, -0.2) is 13.8 Å². The molecule has 18 heavy (non-hydrogen) atoms. The van der Waals surface area contributed by atoms with Crippen molar-refractivity contribution >= 4 is 23.5 Å². The monoisotopic (exact) mass is 270 g/mol. The molecule has 0 bridgehead atoms. The number of alkyl halides is 2. The first-order valence-corrected chi connectivity index (χ1v) is 6.40. The highest BCUT2D eigenvalue weighted by molar-refractivity contribution is 6.29. The zero-order valence-electron chi connectivity index (χ0n) is 10.0. The van der Waals surface area contributed by atoms with Gasteiger partial charge in [-0.3, -0.25) is 4.99 Å². The zero-order chi connectivity index (χ0) is 13.0. The van der Waals surface area contributed by atoms with Crippen LogP contribution in [0.4, 0.5) is 14.5 Å². The Morgan fingerprint density at radius 1 is 1.22 bits per heavy atom. The summed E-state index contributed by atoms with van der Waals surface area (Å²) in [6.07, 6.45) is 2.37. The molecule has 0 N–H and O–H groups in total. The number of pyridine rings is 1. The molecule has 0 radical (unpaired) electrons. The summed E-state index contributed by atoms with van der Waals surface area (Å²) in [6.45, 7) is 1.92. The fourth-order valence-electron chi connectivity index (χ4n) is 2.81. The number of aromatic nitrogens is 1. The summed E-state index contributed by atoms with van der Waals surface area (Å²) in [4.78, 5) is 8.71. The topological polar surface area (TPSA) is 25.2 Å². The summed E-state index contributed by atoms with van der Waals surface area (Å²) < 4.78 is 26.6. The van der Waals surface area contributed by atoms with Crippen molar-refractivity contribution in [1.82, 2.24) is 4.98 Å². The lowest BCUT2D eigenvalue weighted by Crippen LogP contribution is -2.37. The van der Waals surface area contributed by atoms with E-state index in [2.05, 4.69) is 9.98 Å². The van der Waals surface area contributed by atoms with E-state index in [0.29, 0.717) is 18.0 Å². The van der Waals surface area contributed by atoms with Crippen LogP contribution in [0.5, 0.6) is 0 Å². The van der Waals surface area contributed by atoms with E-state index in [9.17, 15) is 8.78 Å².